The molecular weight excluding hydrogens is 336 g/mol. The van der Waals surface area contributed by atoms with Crippen molar-refractivity contribution >= 4 is 11.8 Å². The van der Waals surface area contributed by atoms with Gasteiger partial charge in [-0.25, -0.2) is 4.79 Å². The molecule has 6 heteroatoms. The van der Waals surface area contributed by atoms with E-state index in [4.69, 9.17) is 0 Å². The minimum absolute atomic E-state index is 0. The quantitative estimate of drug-likeness (QED) is 0.499. The molecule has 0 aromatic rings. The minimum atomic E-state index is -1.79. The minimum Gasteiger partial charge on any atom is -0.454 e. The maximum absolute atomic E-state index is 11.7. The predicted molar refractivity (Wildman–Crippen MR) is 113 cm³/mol. The van der Waals surface area contributed by atoms with Crippen LogP contribution in [0.1, 0.15) is 29.0 Å². The monoisotopic (exact) mass is 370 g/mol. The fourth-order valence-electron chi connectivity index (χ4n) is 1.62. The summed E-state index contributed by atoms with van der Waals surface area (Å²) in [4.78, 5) is 22.8. The van der Waals surface area contributed by atoms with Gasteiger partial charge >= 0.3 is 5.97 Å². The molecule has 1 fully saturated rings. The first kappa shape index (κ1) is 20.4. The second-order valence-corrected chi connectivity index (χ2v) is 4.60. The van der Waals surface area contributed by atoms with E-state index >= 15 is 0 Å². The highest BCUT2D eigenvalue weighted by Gasteiger charge is 2.47. The summed E-state index contributed by atoms with van der Waals surface area (Å²) in [5.41, 5.74) is 0. The topological polar surface area (TPSA) is 104 Å². The Morgan fingerprint density at radius 1 is 1.04 bits per heavy atom. The predicted octanol–water partition coefficient (Wildman–Crippen LogP) is 0.700. The molecule has 1 aliphatic heterocycles. The summed E-state index contributed by atoms with van der Waals surface area (Å²) < 4.78 is 4.55. The third kappa shape index (κ3) is 6.48. The van der Waals surface area contributed by atoms with Crippen molar-refractivity contribution in [1.29, 1.82) is 0 Å². The number of carbonyl (C=O) groups excluding carboxylic acids is 2. The number of esters is 1. The number of ketones is 1. The largest absolute Gasteiger partial charge is 0.454 e. The molecule has 26 heavy (non-hydrogen) atoms. The molecule has 1 rings (SSSR count). The first-order chi connectivity index (χ1) is 12.5. The lowest BCUT2D eigenvalue weighted by atomic mass is 10.0. The SMILES string of the molecule is CC#CC#CC#CC#CC#CC#CCC(=O)[C@H](O)[C@H]1OC(=O)[C@@H](O)[C@H]1O.[HH].[HH].[HH].[HH].[HH].[HH].[HH].[HH].[HH].[HH].[HH]. The number of carbonyl (C=O) groups is 2. The van der Waals surface area contributed by atoms with E-state index in [1.54, 1.807) is 6.92 Å². The Labute approximate surface area is 167 Å². The number of hydrogen-bond acceptors (Lipinski definition) is 6. The van der Waals surface area contributed by atoms with Crippen molar-refractivity contribution in [3.63, 3.8) is 0 Å². The molecular formula is C20H34O6. The van der Waals surface area contributed by atoms with E-state index in [0.29, 0.717) is 0 Å². The van der Waals surface area contributed by atoms with Gasteiger partial charge in [-0.05, 0) is 66.1 Å². The van der Waals surface area contributed by atoms with E-state index in [2.05, 4.69) is 75.8 Å². The van der Waals surface area contributed by atoms with Gasteiger partial charge in [-0.3, -0.25) is 4.79 Å². The molecule has 0 aromatic carbocycles. The van der Waals surface area contributed by atoms with Crippen molar-refractivity contribution in [1.82, 2.24) is 0 Å². The zero-order valence-electron chi connectivity index (χ0n) is 13.6. The molecule has 3 N–H and O–H groups in total. The van der Waals surface area contributed by atoms with Gasteiger partial charge in [-0.2, -0.15) is 0 Å². The molecule has 0 bridgehead atoms. The van der Waals surface area contributed by atoms with Gasteiger partial charge in [0.25, 0.3) is 0 Å². The lowest BCUT2D eigenvalue weighted by Crippen LogP contribution is -2.42. The lowest BCUT2D eigenvalue weighted by molar-refractivity contribution is -0.153. The number of ether oxygens (including phenoxy) is 1. The van der Waals surface area contributed by atoms with Crippen LogP contribution in [0.4, 0.5) is 0 Å². The van der Waals surface area contributed by atoms with E-state index in [1.165, 1.54) is 0 Å². The van der Waals surface area contributed by atoms with E-state index < -0.39 is 36.2 Å². The first-order valence-electron chi connectivity index (χ1n) is 7.16. The first-order valence-corrected chi connectivity index (χ1v) is 7.16. The molecule has 4 atom stereocenters. The summed E-state index contributed by atoms with van der Waals surface area (Å²) >= 11 is 0. The molecule has 0 spiro atoms. The Morgan fingerprint density at radius 3 is 2.00 bits per heavy atom. The van der Waals surface area contributed by atoms with E-state index in [1.807, 2.05) is 0 Å². The average molecular weight is 370 g/mol. The third-order valence-electron chi connectivity index (χ3n) is 2.83. The number of Topliss-reactive ketones (excluding diaryl/α,β-unsaturated/α-hetero) is 1. The maximum atomic E-state index is 11.7. The standard InChI is InChI=1S/C20H12O6.11H2/c1-2-3-4-5-6-7-8-9-10-11-12-13-14-15(21)16(22)19-17(23)18(24)20(25)26-19;;;;;;;;;;;/h16-19,22-24H,14H2,1H3;11*1H/t16-,17+,18-,19+;;;;;;;;;;;/m0.........../s1. The molecule has 0 aliphatic carbocycles. The molecule has 1 heterocycles. The van der Waals surface area contributed by atoms with Crippen molar-refractivity contribution < 1.29 is 45.3 Å². The number of aliphatic hydroxyl groups excluding tert-OH is 3. The molecule has 0 unspecified atom stereocenters. The van der Waals surface area contributed by atoms with E-state index in [-0.39, 0.29) is 22.1 Å². The normalized spacial score (nSPS) is 20.2. The van der Waals surface area contributed by atoms with Gasteiger partial charge < -0.3 is 20.1 Å². The van der Waals surface area contributed by atoms with Crippen LogP contribution >= 0.6 is 0 Å². The number of rotatable bonds is 3. The van der Waals surface area contributed by atoms with Gasteiger partial charge in [0.05, 0.1) is 6.42 Å². The zero-order chi connectivity index (χ0) is 19.4. The van der Waals surface area contributed by atoms with Crippen LogP contribution in [0.3, 0.4) is 0 Å². The highest BCUT2D eigenvalue weighted by molar-refractivity contribution is 5.87. The number of aliphatic hydroxyl groups is 3. The molecule has 150 valence electrons. The van der Waals surface area contributed by atoms with Crippen molar-refractivity contribution in [3.05, 3.63) is 0 Å². The Kier molecular flexibility index (Phi) is 8.66. The second-order valence-electron chi connectivity index (χ2n) is 4.60. The van der Waals surface area contributed by atoms with Crippen LogP contribution in [0, 0.1) is 71.0 Å². The van der Waals surface area contributed by atoms with Crippen LogP contribution in [0.5, 0.6) is 0 Å². The van der Waals surface area contributed by atoms with Crippen molar-refractivity contribution in [2.75, 3.05) is 0 Å². The van der Waals surface area contributed by atoms with Gasteiger partial charge in [0.15, 0.2) is 24.1 Å². The van der Waals surface area contributed by atoms with Crippen LogP contribution in [0.2, 0.25) is 0 Å². The van der Waals surface area contributed by atoms with Crippen molar-refractivity contribution in [2.24, 2.45) is 0 Å². The van der Waals surface area contributed by atoms with Gasteiger partial charge in [-0.1, -0.05) is 11.8 Å². The molecule has 0 amide bonds. The van der Waals surface area contributed by atoms with Gasteiger partial charge in [0.1, 0.15) is 6.10 Å². The summed E-state index contributed by atoms with van der Waals surface area (Å²) in [5.74, 6) is 27.4. The molecule has 6 nitrogen and oxygen atoms in total. The molecule has 1 aliphatic rings. The van der Waals surface area contributed by atoms with Crippen LogP contribution in [0.15, 0.2) is 0 Å². The Bertz CT molecular complexity index is 971. The summed E-state index contributed by atoms with van der Waals surface area (Å²) in [6, 6.07) is 0. The molecule has 1 saturated heterocycles. The van der Waals surface area contributed by atoms with E-state index in [9.17, 15) is 24.9 Å². The third-order valence-corrected chi connectivity index (χ3v) is 2.83. The number of hydrogen-bond donors (Lipinski definition) is 3. The highest BCUT2D eigenvalue weighted by atomic mass is 16.6. The van der Waals surface area contributed by atoms with Crippen molar-refractivity contribution in [2.45, 2.75) is 37.8 Å². The van der Waals surface area contributed by atoms with Crippen LogP contribution in [-0.2, 0) is 14.3 Å². The van der Waals surface area contributed by atoms with Gasteiger partial charge in [-0.15, -0.1) is 0 Å². The van der Waals surface area contributed by atoms with Crippen LogP contribution < -0.4 is 0 Å². The summed E-state index contributed by atoms with van der Waals surface area (Å²) in [6.07, 6.45) is -7.15. The van der Waals surface area contributed by atoms with E-state index in [0.717, 1.165) is 0 Å². The smallest absolute Gasteiger partial charge is 0.338 e. The Hall–Kier alpha value is -3.62. The molecule has 0 aromatic heterocycles. The summed E-state index contributed by atoms with van der Waals surface area (Å²) in [7, 11) is 0. The fourth-order valence-corrected chi connectivity index (χ4v) is 1.62. The molecule has 0 radical (unpaired) electrons. The zero-order valence-corrected chi connectivity index (χ0v) is 13.6. The van der Waals surface area contributed by atoms with Crippen LogP contribution in [-0.4, -0.2) is 51.5 Å². The average Bonchev–Trinajstić information content (AvgIpc) is 2.89. The van der Waals surface area contributed by atoms with Crippen molar-refractivity contribution in [3.8, 4) is 71.0 Å². The Morgan fingerprint density at radius 2 is 1.54 bits per heavy atom. The Balaban J connectivity index is -0.0000000683. The second kappa shape index (κ2) is 11.0. The summed E-state index contributed by atoms with van der Waals surface area (Å²) in [5, 5.41) is 28.5. The van der Waals surface area contributed by atoms with Crippen LogP contribution in [0.25, 0.3) is 0 Å². The highest BCUT2D eigenvalue weighted by Crippen LogP contribution is 2.19. The fraction of sp³-hybridized carbons (Fsp3) is 0.300. The molecule has 0 saturated carbocycles. The number of cyclic esters (lactones) is 1. The maximum Gasteiger partial charge on any atom is 0.338 e. The lowest BCUT2D eigenvalue weighted by Gasteiger charge is -2.17. The van der Waals surface area contributed by atoms with Gasteiger partial charge in [0.2, 0.25) is 0 Å². The van der Waals surface area contributed by atoms with Gasteiger partial charge in [0, 0.05) is 15.7 Å². The summed E-state index contributed by atoms with van der Waals surface area (Å²) in [6.45, 7) is 1.66.